The minimum atomic E-state index is -0.800. The summed E-state index contributed by atoms with van der Waals surface area (Å²) in [6.45, 7) is 1.81. The van der Waals surface area contributed by atoms with Crippen LogP contribution in [0.2, 0.25) is 5.02 Å². The normalized spacial score (nSPS) is 21.2. The van der Waals surface area contributed by atoms with Crippen LogP contribution in [-0.4, -0.2) is 23.0 Å². The first kappa shape index (κ1) is 14.9. The second-order valence-corrected chi connectivity index (χ2v) is 6.15. The Morgan fingerprint density at radius 2 is 2.14 bits per heavy atom. The zero-order chi connectivity index (χ0) is 15.9. The lowest BCUT2D eigenvalue weighted by molar-refractivity contribution is -0.141. The van der Waals surface area contributed by atoms with E-state index >= 15 is 0 Å². The third-order valence-electron chi connectivity index (χ3n) is 4.22. The molecule has 0 spiro atoms. The zero-order valence-corrected chi connectivity index (χ0v) is 12.8. The number of fused-ring (bicyclic) bond motifs is 1. The molecule has 1 saturated carbocycles. The van der Waals surface area contributed by atoms with Gasteiger partial charge < -0.3 is 14.8 Å². The molecule has 2 atom stereocenters. The van der Waals surface area contributed by atoms with Crippen molar-refractivity contribution in [3.8, 4) is 0 Å². The van der Waals surface area contributed by atoms with Crippen molar-refractivity contribution in [3.05, 3.63) is 34.5 Å². The number of aryl methyl sites for hydroxylation is 1. The lowest BCUT2D eigenvalue weighted by atomic mass is 10.1. The molecule has 1 amide bonds. The monoisotopic (exact) mass is 321 g/mol. The van der Waals surface area contributed by atoms with E-state index in [1.165, 1.54) is 0 Å². The molecule has 2 N–H and O–H groups in total. The fourth-order valence-corrected chi connectivity index (χ4v) is 3.17. The molecule has 3 rings (SSSR count). The zero-order valence-electron chi connectivity index (χ0n) is 12.1. The maximum absolute atomic E-state index is 12.4. The Balaban J connectivity index is 1.78. The van der Waals surface area contributed by atoms with Crippen LogP contribution in [0.15, 0.2) is 22.6 Å². The Morgan fingerprint density at radius 1 is 1.36 bits per heavy atom. The fourth-order valence-electron chi connectivity index (χ4n) is 3.00. The summed E-state index contributed by atoms with van der Waals surface area (Å²) in [5, 5.41) is 13.3. The molecule has 116 valence electrons. The number of hydrogen-bond acceptors (Lipinski definition) is 3. The van der Waals surface area contributed by atoms with Crippen LogP contribution in [0.25, 0.3) is 11.0 Å². The first-order valence-electron chi connectivity index (χ1n) is 7.18. The number of furan rings is 1. The van der Waals surface area contributed by atoms with E-state index in [1.54, 1.807) is 18.2 Å². The van der Waals surface area contributed by atoms with E-state index in [4.69, 9.17) is 21.1 Å². The lowest BCUT2D eigenvalue weighted by Gasteiger charge is -2.11. The summed E-state index contributed by atoms with van der Waals surface area (Å²) >= 11 is 5.96. The highest BCUT2D eigenvalue weighted by molar-refractivity contribution is 6.31. The molecular weight excluding hydrogens is 306 g/mol. The molecule has 1 aliphatic carbocycles. The van der Waals surface area contributed by atoms with E-state index in [0.29, 0.717) is 29.9 Å². The average molecular weight is 322 g/mol. The van der Waals surface area contributed by atoms with Gasteiger partial charge in [-0.1, -0.05) is 11.6 Å². The summed E-state index contributed by atoms with van der Waals surface area (Å²) in [6.07, 6.45) is 1.73. The van der Waals surface area contributed by atoms with E-state index in [-0.39, 0.29) is 23.6 Å². The van der Waals surface area contributed by atoms with Gasteiger partial charge in [-0.3, -0.25) is 9.59 Å². The van der Waals surface area contributed by atoms with Crippen molar-refractivity contribution in [2.75, 3.05) is 0 Å². The molecule has 22 heavy (non-hydrogen) atoms. The van der Waals surface area contributed by atoms with Crippen LogP contribution in [0, 0.1) is 12.8 Å². The molecule has 1 aromatic heterocycles. The standard InChI is InChI=1S/C16H16ClNO4/c1-8-12-7-10(17)3-5-13(12)22-14(8)15(19)18-11-4-2-9(6-11)16(20)21/h3,5,7,9,11H,2,4,6H2,1H3,(H,18,19)(H,20,21)/t9-,11+/m1/s1. The highest BCUT2D eigenvalue weighted by Crippen LogP contribution is 2.29. The maximum atomic E-state index is 12.4. The Bertz CT molecular complexity index is 752. The number of carboxylic acids is 1. The average Bonchev–Trinajstić information content (AvgIpc) is 3.05. The lowest BCUT2D eigenvalue weighted by Crippen LogP contribution is -2.33. The van der Waals surface area contributed by atoms with E-state index in [2.05, 4.69) is 5.32 Å². The molecule has 0 unspecified atom stereocenters. The van der Waals surface area contributed by atoms with Crippen molar-refractivity contribution in [1.82, 2.24) is 5.32 Å². The van der Waals surface area contributed by atoms with Gasteiger partial charge in [-0.05, 0) is 44.4 Å². The second kappa shape index (κ2) is 5.65. The molecule has 0 bridgehead atoms. The Morgan fingerprint density at radius 3 is 2.82 bits per heavy atom. The minimum Gasteiger partial charge on any atom is -0.481 e. The number of carbonyl (C=O) groups excluding carboxylic acids is 1. The summed E-state index contributed by atoms with van der Waals surface area (Å²) in [7, 11) is 0. The van der Waals surface area contributed by atoms with Gasteiger partial charge in [0.25, 0.3) is 5.91 Å². The molecule has 1 heterocycles. The Hall–Kier alpha value is -2.01. The third-order valence-corrected chi connectivity index (χ3v) is 4.46. The summed E-state index contributed by atoms with van der Waals surface area (Å²) in [5.74, 6) is -1.22. The molecule has 1 aromatic carbocycles. The number of nitrogens with one attached hydrogen (secondary N) is 1. The fraction of sp³-hybridized carbons (Fsp3) is 0.375. The minimum absolute atomic E-state index is 0.121. The Labute approximate surface area is 132 Å². The predicted octanol–water partition coefficient (Wildman–Crippen LogP) is 3.38. The molecule has 6 heteroatoms. The Kier molecular flexibility index (Phi) is 3.83. The summed E-state index contributed by atoms with van der Waals surface area (Å²) < 4.78 is 5.61. The first-order chi connectivity index (χ1) is 10.5. The summed E-state index contributed by atoms with van der Waals surface area (Å²) in [4.78, 5) is 23.3. The van der Waals surface area contributed by atoms with Crippen LogP contribution in [-0.2, 0) is 4.79 Å². The highest BCUT2D eigenvalue weighted by Gasteiger charge is 2.31. The van der Waals surface area contributed by atoms with Crippen LogP contribution in [0.5, 0.6) is 0 Å². The predicted molar refractivity (Wildman–Crippen MR) is 82.2 cm³/mol. The van der Waals surface area contributed by atoms with Crippen LogP contribution < -0.4 is 5.32 Å². The van der Waals surface area contributed by atoms with Crippen LogP contribution in [0.1, 0.15) is 35.4 Å². The topological polar surface area (TPSA) is 79.5 Å². The van der Waals surface area contributed by atoms with Gasteiger partial charge in [-0.15, -0.1) is 0 Å². The van der Waals surface area contributed by atoms with Gasteiger partial charge in [-0.2, -0.15) is 0 Å². The van der Waals surface area contributed by atoms with E-state index in [0.717, 1.165) is 10.9 Å². The van der Waals surface area contributed by atoms with Gasteiger partial charge >= 0.3 is 5.97 Å². The number of hydrogen-bond donors (Lipinski definition) is 2. The van der Waals surface area contributed by atoms with Crippen molar-refractivity contribution >= 4 is 34.4 Å². The number of benzene rings is 1. The molecule has 2 aromatic rings. The molecule has 1 fully saturated rings. The van der Waals surface area contributed by atoms with Gasteiger partial charge in [0.05, 0.1) is 5.92 Å². The van der Waals surface area contributed by atoms with Crippen LogP contribution in [0.3, 0.4) is 0 Å². The van der Waals surface area contributed by atoms with Crippen molar-refractivity contribution in [3.63, 3.8) is 0 Å². The first-order valence-corrected chi connectivity index (χ1v) is 7.56. The molecule has 1 aliphatic rings. The van der Waals surface area contributed by atoms with E-state index in [9.17, 15) is 9.59 Å². The highest BCUT2D eigenvalue weighted by atomic mass is 35.5. The smallest absolute Gasteiger partial charge is 0.306 e. The largest absolute Gasteiger partial charge is 0.481 e. The molecule has 5 nitrogen and oxygen atoms in total. The molecular formula is C16H16ClNO4. The number of halogens is 1. The van der Waals surface area contributed by atoms with E-state index < -0.39 is 5.97 Å². The number of carbonyl (C=O) groups is 2. The van der Waals surface area contributed by atoms with Crippen molar-refractivity contribution in [2.24, 2.45) is 5.92 Å². The van der Waals surface area contributed by atoms with Gasteiger partial charge in [0.1, 0.15) is 5.58 Å². The van der Waals surface area contributed by atoms with E-state index in [1.807, 2.05) is 6.92 Å². The van der Waals surface area contributed by atoms with Gasteiger partial charge in [0.15, 0.2) is 5.76 Å². The van der Waals surface area contributed by atoms with Crippen molar-refractivity contribution in [1.29, 1.82) is 0 Å². The molecule has 0 saturated heterocycles. The quantitative estimate of drug-likeness (QED) is 0.908. The number of amides is 1. The summed E-state index contributed by atoms with van der Waals surface area (Å²) in [5.41, 5.74) is 1.35. The number of aliphatic carboxylic acids is 1. The third kappa shape index (κ3) is 2.68. The number of rotatable bonds is 3. The molecule has 0 aliphatic heterocycles. The SMILES string of the molecule is Cc1c(C(=O)N[C@H]2CC[C@@H](C(=O)O)C2)oc2ccc(Cl)cc12. The van der Waals surface area contributed by atoms with Gasteiger partial charge in [-0.25, -0.2) is 0 Å². The number of carboxylic acid groups (broad SMARTS) is 1. The van der Waals surface area contributed by atoms with Gasteiger partial charge in [0.2, 0.25) is 0 Å². The van der Waals surface area contributed by atoms with Gasteiger partial charge in [0, 0.05) is 22.0 Å². The maximum Gasteiger partial charge on any atom is 0.306 e. The van der Waals surface area contributed by atoms with Crippen molar-refractivity contribution in [2.45, 2.75) is 32.2 Å². The molecule has 0 radical (unpaired) electrons. The second-order valence-electron chi connectivity index (χ2n) is 5.72. The summed E-state index contributed by atoms with van der Waals surface area (Å²) in [6, 6.07) is 5.09. The van der Waals surface area contributed by atoms with Crippen LogP contribution in [0.4, 0.5) is 0 Å². The van der Waals surface area contributed by atoms with Crippen molar-refractivity contribution < 1.29 is 19.1 Å². The van der Waals surface area contributed by atoms with Crippen LogP contribution >= 0.6 is 11.6 Å².